The molecule has 5 nitrogen and oxygen atoms in total. The Labute approximate surface area is 139 Å². The SMILES string of the molecule is CC(C)c1nc(CN(C)C(=O)C2CSC(C)(C)C(=O)N2)cs1. The highest BCUT2D eigenvalue weighted by Gasteiger charge is 2.38. The highest BCUT2D eigenvalue weighted by molar-refractivity contribution is 8.01. The number of hydrogen-bond donors (Lipinski definition) is 1. The number of amides is 2. The molecule has 0 bridgehead atoms. The highest BCUT2D eigenvalue weighted by atomic mass is 32.2. The fraction of sp³-hybridized carbons (Fsp3) is 0.667. The standard InChI is InChI=1S/C15H23N3O2S2/c1-9(2)12-16-10(7-21-12)6-18(5)13(19)11-8-22-15(3,4)14(20)17-11/h7,9,11H,6,8H2,1-5H3,(H,17,20). The minimum absolute atomic E-state index is 0.0598. The Hall–Kier alpha value is -1.08. The molecule has 1 aliphatic rings. The molecule has 0 radical (unpaired) electrons. The van der Waals surface area contributed by atoms with Gasteiger partial charge < -0.3 is 10.2 Å². The third-order valence-corrected chi connectivity index (χ3v) is 6.20. The van der Waals surface area contributed by atoms with Crippen molar-refractivity contribution in [1.82, 2.24) is 15.2 Å². The van der Waals surface area contributed by atoms with Crippen LogP contribution in [-0.2, 0) is 16.1 Å². The lowest BCUT2D eigenvalue weighted by molar-refractivity contribution is -0.136. The molecule has 1 saturated heterocycles. The summed E-state index contributed by atoms with van der Waals surface area (Å²) in [5.74, 6) is 0.869. The van der Waals surface area contributed by atoms with Gasteiger partial charge in [-0.05, 0) is 13.8 Å². The van der Waals surface area contributed by atoms with E-state index in [0.717, 1.165) is 10.7 Å². The molecule has 7 heteroatoms. The first-order valence-corrected chi connectivity index (χ1v) is 9.21. The first-order chi connectivity index (χ1) is 10.2. The number of aromatic nitrogens is 1. The van der Waals surface area contributed by atoms with Gasteiger partial charge in [0.25, 0.3) is 0 Å². The summed E-state index contributed by atoms with van der Waals surface area (Å²) in [5, 5.41) is 5.91. The van der Waals surface area contributed by atoms with Crippen molar-refractivity contribution < 1.29 is 9.59 Å². The van der Waals surface area contributed by atoms with E-state index in [1.165, 1.54) is 11.8 Å². The molecule has 1 atom stereocenters. The van der Waals surface area contributed by atoms with Crippen molar-refractivity contribution in [3.8, 4) is 0 Å². The van der Waals surface area contributed by atoms with E-state index in [1.54, 1.807) is 23.3 Å². The van der Waals surface area contributed by atoms with Crippen molar-refractivity contribution in [2.24, 2.45) is 0 Å². The largest absolute Gasteiger partial charge is 0.342 e. The molecule has 22 heavy (non-hydrogen) atoms. The van der Waals surface area contributed by atoms with E-state index < -0.39 is 10.8 Å². The molecule has 0 aliphatic carbocycles. The topological polar surface area (TPSA) is 62.3 Å². The number of hydrogen-bond acceptors (Lipinski definition) is 5. The number of rotatable bonds is 4. The summed E-state index contributed by atoms with van der Waals surface area (Å²) in [6.07, 6.45) is 0. The average Bonchev–Trinajstić information content (AvgIpc) is 2.89. The Morgan fingerprint density at radius 3 is 2.77 bits per heavy atom. The summed E-state index contributed by atoms with van der Waals surface area (Å²) >= 11 is 3.15. The second kappa shape index (κ2) is 6.58. The molecular weight excluding hydrogens is 318 g/mol. The predicted molar refractivity (Wildman–Crippen MR) is 91.1 cm³/mol. The van der Waals surface area contributed by atoms with Crippen LogP contribution in [0.5, 0.6) is 0 Å². The van der Waals surface area contributed by atoms with Crippen LogP contribution in [0.15, 0.2) is 5.38 Å². The number of thioether (sulfide) groups is 1. The van der Waals surface area contributed by atoms with Crippen molar-refractivity contribution in [3.63, 3.8) is 0 Å². The van der Waals surface area contributed by atoms with Crippen LogP contribution in [0, 0.1) is 0 Å². The zero-order valence-electron chi connectivity index (χ0n) is 13.7. The Morgan fingerprint density at radius 2 is 2.23 bits per heavy atom. The maximum atomic E-state index is 12.5. The molecule has 2 amide bonds. The van der Waals surface area contributed by atoms with Gasteiger partial charge in [-0.1, -0.05) is 13.8 Å². The van der Waals surface area contributed by atoms with Crippen molar-refractivity contribution in [1.29, 1.82) is 0 Å². The summed E-state index contributed by atoms with van der Waals surface area (Å²) in [6, 6.07) is -0.446. The van der Waals surface area contributed by atoms with Gasteiger partial charge in [0.1, 0.15) is 6.04 Å². The average molecular weight is 342 g/mol. The normalized spacial score (nSPS) is 20.8. The second-order valence-electron chi connectivity index (χ2n) is 6.37. The summed E-state index contributed by atoms with van der Waals surface area (Å²) in [6.45, 7) is 8.44. The van der Waals surface area contributed by atoms with E-state index in [1.807, 2.05) is 19.2 Å². The first-order valence-electron chi connectivity index (χ1n) is 7.35. The van der Waals surface area contributed by atoms with Crippen LogP contribution in [0.3, 0.4) is 0 Å². The Bertz CT molecular complexity index is 569. The van der Waals surface area contributed by atoms with Gasteiger partial charge in [0.15, 0.2) is 0 Å². The van der Waals surface area contributed by atoms with Gasteiger partial charge in [-0.2, -0.15) is 0 Å². The molecule has 1 N–H and O–H groups in total. The van der Waals surface area contributed by atoms with Gasteiger partial charge in [0, 0.05) is 24.1 Å². The summed E-state index contributed by atoms with van der Waals surface area (Å²) in [4.78, 5) is 30.6. The number of nitrogens with one attached hydrogen (secondary N) is 1. The monoisotopic (exact) mass is 341 g/mol. The quantitative estimate of drug-likeness (QED) is 0.912. The van der Waals surface area contributed by atoms with Gasteiger partial charge in [-0.15, -0.1) is 23.1 Å². The summed E-state index contributed by atoms with van der Waals surface area (Å²) in [5.41, 5.74) is 0.902. The number of thiazole rings is 1. The molecule has 1 unspecified atom stereocenters. The Balaban J connectivity index is 1.96. The predicted octanol–water partition coefficient (Wildman–Crippen LogP) is 2.24. The van der Waals surface area contributed by atoms with E-state index in [9.17, 15) is 9.59 Å². The minimum atomic E-state index is -0.462. The van der Waals surface area contributed by atoms with Crippen LogP contribution < -0.4 is 5.32 Å². The van der Waals surface area contributed by atoms with Crippen molar-refractivity contribution in [2.75, 3.05) is 12.8 Å². The fourth-order valence-electron chi connectivity index (χ4n) is 2.11. The van der Waals surface area contributed by atoms with Crippen LogP contribution in [0.25, 0.3) is 0 Å². The first kappa shape index (κ1) is 17.3. The van der Waals surface area contributed by atoms with E-state index in [4.69, 9.17) is 0 Å². The van der Waals surface area contributed by atoms with E-state index in [0.29, 0.717) is 18.2 Å². The molecule has 2 rings (SSSR count). The van der Waals surface area contributed by atoms with Crippen LogP contribution in [0.2, 0.25) is 0 Å². The molecule has 1 aromatic heterocycles. The molecule has 1 fully saturated rings. The molecule has 0 aromatic carbocycles. The van der Waals surface area contributed by atoms with E-state index in [-0.39, 0.29) is 11.8 Å². The van der Waals surface area contributed by atoms with E-state index >= 15 is 0 Å². The summed E-state index contributed by atoms with van der Waals surface area (Å²) < 4.78 is -0.462. The zero-order chi connectivity index (χ0) is 16.5. The van der Waals surface area contributed by atoms with Gasteiger partial charge in [0.2, 0.25) is 11.8 Å². The van der Waals surface area contributed by atoms with E-state index in [2.05, 4.69) is 24.1 Å². The molecule has 0 saturated carbocycles. The second-order valence-corrected chi connectivity index (χ2v) is 8.91. The Morgan fingerprint density at radius 1 is 1.55 bits per heavy atom. The van der Waals surface area contributed by atoms with Gasteiger partial charge in [0.05, 0.1) is 22.0 Å². The number of likely N-dealkylation sites (N-methyl/N-ethyl adjacent to an activating group) is 1. The third-order valence-electron chi connectivity index (χ3n) is 3.60. The van der Waals surface area contributed by atoms with Crippen LogP contribution in [0.4, 0.5) is 0 Å². The molecule has 122 valence electrons. The molecule has 2 heterocycles. The number of nitrogens with zero attached hydrogens (tertiary/aromatic N) is 2. The molecule has 1 aliphatic heterocycles. The maximum absolute atomic E-state index is 12.5. The maximum Gasteiger partial charge on any atom is 0.246 e. The van der Waals surface area contributed by atoms with Gasteiger partial charge in [-0.25, -0.2) is 4.98 Å². The van der Waals surface area contributed by atoms with Crippen LogP contribution >= 0.6 is 23.1 Å². The van der Waals surface area contributed by atoms with Gasteiger partial charge >= 0.3 is 0 Å². The summed E-state index contributed by atoms with van der Waals surface area (Å²) in [7, 11) is 1.76. The smallest absolute Gasteiger partial charge is 0.246 e. The molecule has 0 spiro atoms. The number of carbonyl (C=O) groups is 2. The Kier molecular flexibility index (Phi) is 5.17. The lowest BCUT2D eigenvalue weighted by Gasteiger charge is -2.34. The van der Waals surface area contributed by atoms with Crippen molar-refractivity contribution in [3.05, 3.63) is 16.1 Å². The van der Waals surface area contributed by atoms with Crippen LogP contribution in [-0.4, -0.2) is 45.3 Å². The fourth-order valence-corrected chi connectivity index (χ4v) is 3.94. The van der Waals surface area contributed by atoms with Crippen LogP contribution in [0.1, 0.15) is 44.3 Å². The molecule has 1 aromatic rings. The third kappa shape index (κ3) is 3.81. The lowest BCUT2D eigenvalue weighted by Crippen LogP contribution is -2.57. The van der Waals surface area contributed by atoms with Crippen molar-refractivity contribution >= 4 is 34.9 Å². The number of carbonyl (C=O) groups excluding carboxylic acids is 2. The lowest BCUT2D eigenvalue weighted by atomic mass is 10.1. The van der Waals surface area contributed by atoms with Gasteiger partial charge in [-0.3, -0.25) is 9.59 Å². The molecular formula is C15H23N3O2S2. The zero-order valence-corrected chi connectivity index (χ0v) is 15.3. The highest BCUT2D eigenvalue weighted by Crippen LogP contribution is 2.29. The minimum Gasteiger partial charge on any atom is -0.342 e. The van der Waals surface area contributed by atoms with Crippen molar-refractivity contribution in [2.45, 2.75) is 50.9 Å².